The Morgan fingerprint density at radius 3 is 2.15 bits per heavy atom. The zero-order valence-corrected chi connectivity index (χ0v) is 36.5. The van der Waals surface area contributed by atoms with Crippen LogP contribution in [-0.2, 0) is 42.1 Å². The molecule has 66 heavy (non-hydrogen) atoms. The number of alkyl halides is 3. The van der Waals surface area contributed by atoms with E-state index in [0.717, 1.165) is 16.7 Å². The summed E-state index contributed by atoms with van der Waals surface area (Å²) in [7, 11) is 0. The largest absolute Gasteiger partial charge is 0.573 e. The van der Waals surface area contributed by atoms with Gasteiger partial charge in [-0.3, -0.25) is 19.4 Å². The fourth-order valence-corrected chi connectivity index (χ4v) is 11.0. The second-order valence-corrected chi connectivity index (χ2v) is 19.0. The van der Waals surface area contributed by atoms with Crippen LogP contribution in [0.15, 0.2) is 107 Å². The maximum atomic E-state index is 15.6. The normalized spacial score (nSPS) is 23.9. The molecule has 3 unspecified atom stereocenters. The molecule has 1 aromatic heterocycles. The van der Waals surface area contributed by atoms with Crippen LogP contribution in [0.25, 0.3) is 0 Å². The lowest BCUT2D eigenvalue weighted by atomic mass is 9.63. The third kappa shape index (κ3) is 7.09. The number of nitrogens with zero attached hydrogens (tertiary/aromatic N) is 3. The molecule has 1 amide bonds. The molecule has 6 aliphatic rings. The summed E-state index contributed by atoms with van der Waals surface area (Å²) in [5, 5.41) is 4.12. The zero-order chi connectivity index (χ0) is 45.7. The highest BCUT2D eigenvalue weighted by atomic mass is 19.4. The van der Waals surface area contributed by atoms with E-state index in [9.17, 15) is 9.59 Å². The van der Waals surface area contributed by atoms with E-state index in [-0.39, 0.29) is 95.8 Å². The number of rotatable bonds is 9. The number of aromatic nitrogens is 1. The fourth-order valence-electron chi connectivity index (χ4n) is 11.0. The summed E-state index contributed by atoms with van der Waals surface area (Å²) >= 11 is 0. The van der Waals surface area contributed by atoms with Crippen molar-refractivity contribution < 1.29 is 55.8 Å². The van der Waals surface area contributed by atoms with Crippen LogP contribution >= 0.6 is 0 Å². The van der Waals surface area contributed by atoms with Gasteiger partial charge in [0.2, 0.25) is 11.4 Å². The minimum absolute atomic E-state index is 0.0138. The van der Waals surface area contributed by atoms with Crippen molar-refractivity contribution >= 4 is 23.3 Å². The lowest BCUT2D eigenvalue weighted by Crippen LogP contribution is -2.46. The van der Waals surface area contributed by atoms with Gasteiger partial charge >= 0.3 is 12.5 Å². The Kier molecular flexibility index (Phi) is 9.88. The van der Waals surface area contributed by atoms with Gasteiger partial charge in [0.05, 0.1) is 11.3 Å². The van der Waals surface area contributed by atoms with Gasteiger partial charge in [-0.1, -0.05) is 91.0 Å². The number of hydrogen-bond acceptors (Lipinski definition) is 11. The van der Waals surface area contributed by atoms with Crippen molar-refractivity contribution in [2.24, 2.45) is 17.8 Å². The number of carbonyl (C=O) groups excluding carboxylic acids is 3. The van der Waals surface area contributed by atoms with E-state index in [0.29, 0.717) is 25.3 Å². The number of epoxide rings is 1. The van der Waals surface area contributed by atoms with Gasteiger partial charge < -0.3 is 28.2 Å². The first-order valence-corrected chi connectivity index (χ1v) is 22.3. The molecule has 0 saturated carbocycles. The number of likely N-dealkylation sites (tertiary alicyclic amines) is 1. The molecule has 11 rings (SSSR count). The summed E-state index contributed by atoms with van der Waals surface area (Å²) in [6.07, 6.45) is -5.06. The van der Waals surface area contributed by atoms with Crippen molar-refractivity contribution in [3.05, 3.63) is 147 Å². The molecule has 0 bridgehead atoms. The van der Waals surface area contributed by atoms with Gasteiger partial charge in [0, 0.05) is 48.2 Å². The number of hydrogen-bond donors (Lipinski definition) is 0. The van der Waals surface area contributed by atoms with E-state index in [1.165, 1.54) is 4.90 Å². The molecule has 4 heterocycles. The molecule has 12 nitrogen and oxygen atoms in total. The highest BCUT2D eigenvalue weighted by Crippen LogP contribution is 2.65. The number of halogens is 3. The molecular weight excluding hydrogens is 856 g/mol. The highest BCUT2D eigenvalue weighted by Gasteiger charge is 2.73. The smallest absolute Gasteiger partial charge is 0.486 e. The average Bonchev–Trinajstić information content (AvgIpc) is 3.72. The van der Waals surface area contributed by atoms with Crippen LogP contribution in [0.3, 0.4) is 0 Å². The minimum Gasteiger partial charge on any atom is -0.486 e. The van der Waals surface area contributed by atoms with Crippen molar-refractivity contribution in [2.45, 2.75) is 89.8 Å². The Balaban J connectivity index is 1.08. The molecule has 1 spiro atoms. The van der Waals surface area contributed by atoms with Gasteiger partial charge in [-0.25, -0.2) is 4.79 Å². The number of benzene rings is 4. The molecule has 0 N–H and O–H groups in total. The van der Waals surface area contributed by atoms with Crippen molar-refractivity contribution in [3.8, 4) is 17.4 Å². The summed E-state index contributed by atoms with van der Waals surface area (Å²) in [6, 6.07) is 27.5. The van der Waals surface area contributed by atoms with Crippen LogP contribution in [-0.4, -0.2) is 58.4 Å². The Labute approximate surface area is 378 Å². The minimum atomic E-state index is -5.19. The quantitative estimate of drug-likeness (QED) is 0.131. The van der Waals surface area contributed by atoms with Gasteiger partial charge in [0.25, 0.3) is 5.88 Å². The first-order chi connectivity index (χ1) is 31.7. The lowest BCUT2D eigenvalue weighted by molar-refractivity contribution is -0.275. The van der Waals surface area contributed by atoms with Crippen molar-refractivity contribution in [1.82, 2.24) is 10.1 Å². The van der Waals surface area contributed by atoms with E-state index in [1.807, 2.05) is 91.0 Å². The standard InChI is InChI=1S/C51H46F3N3O9/c1-49(2,3)65-48(60)57-25-31-19-20-56(24-28-13-7-4-8-14-28)40(31)39-41(57)44(61-26-29-15-9-5-10-16-29)37-34(43(39)63-51(52,53)54)22-32-21-33-23-35-38(45(59)50(33)46(64-50)36(32)42(37)58)47(55-66-35)62-27-30-17-11-6-12-18-30/h4-18,31-33,40H,19-27H2,1-3H3/t31?,32?,33-,40?,50+/m0/s1. The van der Waals surface area contributed by atoms with Gasteiger partial charge in [-0.2, -0.15) is 0 Å². The summed E-state index contributed by atoms with van der Waals surface area (Å²) in [4.78, 5) is 48.2. The number of anilines is 1. The third-order valence-electron chi connectivity index (χ3n) is 13.6. The number of fused-ring (bicyclic) bond motifs is 6. The monoisotopic (exact) mass is 901 g/mol. The lowest BCUT2D eigenvalue weighted by Gasteiger charge is -2.44. The first-order valence-electron chi connectivity index (χ1n) is 22.3. The van der Waals surface area contributed by atoms with E-state index < -0.39 is 58.9 Å². The maximum Gasteiger partial charge on any atom is 0.573 e. The van der Waals surface area contributed by atoms with Crippen molar-refractivity contribution in [1.29, 1.82) is 0 Å². The van der Waals surface area contributed by atoms with Crippen LogP contribution in [0, 0.1) is 17.8 Å². The van der Waals surface area contributed by atoms with E-state index in [2.05, 4.69) is 10.1 Å². The van der Waals surface area contributed by atoms with E-state index in [4.69, 9.17) is 28.2 Å². The van der Waals surface area contributed by atoms with Gasteiger partial charge in [0.1, 0.15) is 30.1 Å². The molecule has 2 fully saturated rings. The van der Waals surface area contributed by atoms with Gasteiger partial charge in [-0.05, 0) is 80.3 Å². The number of ether oxygens (including phenoxy) is 5. The van der Waals surface area contributed by atoms with Crippen LogP contribution in [0.5, 0.6) is 17.4 Å². The molecular formula is C51H46F3N3O9. The highest BCUT2D eigenvalue weighted by molar-refractivity contribution is 6.19. The van der Waals surface area contributed by atoms with Gasteiger partial charge in [-0.15, -0.1) is 13.2 Å². The van der Waals surface area contributed by atoms with Crippen LogP contribution < -0.4 is 19.1 Å². The van der Waals surface area contributed by atoms with Crippen LogP contribution in [0.1, 0.15) is 93.9 Å². The van der Waals surface area contributed by atoms with Crippen LogP contribution in [0.4, 0.5) is 23.7 Å². The Bertz CT molecular complexity index is 2800. The summed E-state index contributed by atoms with van der Waals surface area (Å²) in [5.41, 5.74) is 0.312. The number of amides is 1. The van der Waals surface area contributed by atoms with Gasteiger partial charge in [0.15, 0.2) is 23.1 Å². The molecule has 2 saturated heterocycles. The number of ketones is 2. The molecule has 15 heteroatoms. The number of carbonyl (C=O) groups is 3. The molecule has 340 valence electrons. The summed E-state index contributed by atoms with van der Waals surface area (Å²) < 4.78 is 81.3. The first kappa shape index (κ1) is 42.1. The van der Waals surface area contributed by atoms with E-state index in [1.54, 1.807) is 20.8 Å². The van der Waals surface area contributed by atoms with E-state index >= 15 is 18.0 Å². The third-order valence-corrected chi connectivity index (χ3v) is 13.6. The average molecular weight is 902 g/mol. The zero-order valence-electron chi connectivity index (χ0n) is 36.5. The molecule has 4 aromatic carbocycles. The number of allylic oxidation sites excluding steroid dienone is 1. The van der Waals surface area contributed by atoms with Crippen molar-refractivity contribution in [2.75, 3.05) is 18.0 Å². The Hall–Kier alpha value is -6.61. The molecule has 3 aliphatic heterocycles. The fraction of sp³-hybridized carbons (Fsp3) is 0.373. The predicted octanol–water partition coefficient (Wildman–Crippen LogP) is 9.89. The predicted molar refractivity (Wildman–Crippen MR) is 231 cm³/mol. The molecule has 3 aliphatic carbocycles. The second-order valence-electron chi connectivity index (χ2n) is 19.0. The number of Topliss-reactive ketones (excluding diaryl/α,β-unsaturated/α-hetero) is 2. The van der Waals surface area contributed by atoms with Crippen LogP contribution in [0.2, 0.25) is 0 Å². The second kappa shape index (κ2) is 15.5. The molecule has 0 radical (unpaired) electrons. The topological polar surface area (TPSA) is 133 Å². The molecule has 5 aromatic rings. The SMILES string of the molecule is CC(C)(C)OC(=O)N1CC2CCN(Cc3ccccc3)C2c2c(OC(F)(F)F)c3c(c(OCc4ccccc4)c21)C(=O)C1=C2O[C@]24C(=O)c2c(OCc5ccccc5)noc2C[C@@H]4CC1C3. The Morgan fingerprint density at radius 2 is 1.50 bits per heavy atom. The Morgan fingerprint density at radius 1 is 0.848 bits per heavy atom. The maximum absolute atomic E-state index is 15.6. The summed E-state index contributed by atoms with van der Waals surface area (Å²) in [6.45, 7) is 6.17. The summed E-state index contributed by atoms with van der Waals surface area (Å²) in [5.74, 6) is -2.69. The van der Waals surface area contributed by atoms with Crippen molar-refractivity contribution in [3.63, 3.8) is 0 Å². The molecule has 5 atom stereocenters.